The average Bonchev–Trinajstić information content (AvgIpc) is 2.53. The topological polar surface area (TPSA) is 72.6 Å². The number of nitrogens with zero attached hydrogens (tertiary/aromatic N) is 1. The van der Waals surface area contributed by atoms with E-state index in [0.717, 1.165) is 0 Å². The van der Waals surface area contributed by atoms with E-state index in [2.05, 4.69) is 0 Å². The van der Waals surface area contributed by atoms with Crippen LogP contribution in [0.3, 0.4) is 0 Å². The first-order valence-electron chi connectivity index (χ1n) is 6.23. The standard InChI is InChI=1S/C14H18N2O3/c1-14(2)9-12(17)16(13(14)18)7-8-19-11-5-3-10(15)4-6-11/h3-6H,7-9,15H2,1-2H3. The molecule has 5 nitrogen and oxygen atoms in total. The Labute approximate surface area is 112 Å². The molecule has 0 radical (unpaired) electrons. The molecule has 0 atom stereocenters. The summed E-state index contributed by atoms with van der Waals surface area (Å²) in [6, 6.07) is 7.00. The molecule has 0 spiro atoms. The summed E-state index contributed by atoms with van der Waals surface area (Å²) in [6.07, 6.45) is 0.272. The van der Waals surface area contributed by atoms with Crippen molar-refractivity contribution in [3.05, 3.63) is 24.3 Å². The molecule has 0 aliphatic carbocycles. The van der Waals surface area contributed by atoms with Gasteiger partial charge in [-0.25, -0.2) is 0 Å². The Kier molecular flexibility index (Phi) is 3.46. The lowest BCUT2D eigenvalue weighted by Crippen LogP contribution is -2.36. The number of anilines is 1. The summed E-state index contributed by atoms with van der Waals surface area (Å²) >= 11 is 0. The van der Waals surface area contributed by atoms with Gasteiger partial charge in [-0.15, -0.1) is 0 Å². The van der Waals surface area contributed by atoms with Gasteiger partial charge >= 0.3 is 0 Å². The second-order valence-corrected chi connectivity index (χ2v) is 5.33. The van der Waals surface area contributed by atoms with Gasteiger partial charge < -0.3 is 10.5 Å². The van der Waals surface area contributed by atoms with Crippen molar-refractivity contribution in [3.8, 4) is 5.75 Å². The maximum atomic E-state index is 12.0. The zero-order chi connectivity index (χ0) is 14.0. The van der Waals surface area contributed by atoms with Gasteiger partial charge in [0.2, 0.25) is 11.8 Å². The molecule has 1 aromatic rings. The van der Waals surface area contributed by atoms with Crippen LogP contribution in [-0.4, -0.2) is 29.9 Å². The van der Waals surface area contributed by atoms with E-state index in [-0.39, 0.29) is 31.4 Å². The summed E-state index contributed by atoms with van der Waals surface area (Å²) in [7, 11) is 0. The Bertz CT molecular complexity index is 494. The highest BCUT2D eigenvalue weighted by atomic mass is 16.5. The van der Waals surface area contributed by atoms with E-state index in [9.17, 15) is 9.59 Å². The lowest BCUT2D eigenvalue weighted by atomic mass is 9.92. The predicted octanol–water partition coefficient (Wildman–Crippen LogP) is 1.43. The molecule has 1 fully saturated rings. The fourth-order valence-electron chi connectivity index (χ4n) is 2.07. The van der Waals surface area contributed by atoms with Crippen molar-refractivity contribution in [2.24, 2.45) is 5.41 Å². The van der Waals surface area contributed by atoms with Gasteiger partial charge in [-0.1, -0.05) is 13.8 Å². The van der Waals surface area contributed by atoms with Crippen molar-refractivity contribution < 1.29 is 14.3 Å². The number of benzene rings is 1. The first-order chi connectivity index (χ1) is 8.90. The van der Waals surface area contributed by atoms with Gasteiger partial charge in [-0.05, 0) is 24.3 Å². The number of rotatable bonds is 4. The van der Waals surface area contributed by atoms with Gasteiger partial charge in [-0.3, -0.25) is 14.5 Å². The van der Waals surface area contributed by atoms with Crippen LogP contribution >= 0.6 is 0 Å². The van der Waals surface area contributed by atoms with Crippen molar-refractivity contribution in [1.82, 2.24) is 4.90 Å². The summed E-state index contributed by atoms with van der Waals surface area (Å²) in [5.74, 6) is 0.418. The van der Waals surface area contributed by atoms with E-state index in [4.69, 9.17) is 10.5 Å². The van der Waals surface area contributed by atoms with Crippen LogP contribution in [0.2, 0.25) is 0 Å². The SMILES string of the molecule is CC1(C)CC(=O)N(CCOc2ccc(N)cc2)C1=O. The third kappa shape index (κ3) is 2.86. The van der Waals surface area contributed by atoms with Crippen molar-refractivity contribution in [2.75, 3.05) is 18.9 Å². The minimum Gasteiger partial charge on any atom is -0.492 e. The van der Waals surface area contributed by atoms with E-state index in [1.807, 2.05) is 0 Å². The number of imide groups is 1. The number of ether oxygens (including phenoxy) is 1. The second-order valence-electron chi connectivity index (χ2n) is 5.33. The molecule has 5 heteroatoms. The monoisotopic (exact) mass is 262 g/mol. The van der Waals surface area contributed by atoms with Crippen LogP contribution in [0.1, 0.15) is 20.3 Å². The maximum Gasteiger partial charge on any atom is 0.235 e. The molecule has 1 aliphatic rings. The Morgan fingerprint density at radius 2 is 1.89 bits per heavy atom. The number of hydrogen-bond acceptors (Lipinski definition) is 4. The normalized spacial score (nSPS) is 17.9. The number of amides is 2. The van der Waals surface area contributed by atoms with Crippen LogP contribution in [0.4, 0.5) is 5.69 Å². The van der Waals surface area contributed by atoms with E-state index in [1.165, 1.54) is 4.90 Å². The van der Waals surface area contributed by atoms with Crippen LogP contribution in [0.25, 0.3) is 0 Å². The van der Waals surface area contributed by atoms with Crippen LogP contribution < -0.4 is 10.5 Å². The van der Waals surface area contributed by atoms with Crippen molar-refractivity contribution in [1.29, 1.82) is 0 Å². The lowest BCUT2D eigenvalue weighted by molar-refractivity contribution is -0.141. The fraction of sp³-hybridized carbons (Fsp3) is 0.429. The third-order valence-corrected chi connectivity index (χ3v) is 3.18. The maximum absolute atomic E-state index is 12.0. The summed E-state index contributed by atoms with van der Waals surface area (Å²) in [5.41, 5.74) is 5.65. The first kappa shape index (κ1) is 13.4. The zero-order valence-corrected chi connectivity index (χ0v) is 11.2. The summed E-state index contributed by atoms with van der Waals surface area (Å²) in [6.45, 7) is 4.14. The molecular weight excluding hydrogens is 244 g/mol. The fourth-order valence-corrected chi connectivity index (χ4v) is 2.07. The molecule has 0 bridgehead atoms. The summed E-state index contributed by atoms with van der Waals surface area (Å²) in [4.78, 5) is 25.0. The number of carbonyl (C=O) groups is 2. The van der Waals surface area contributed by atoms with Gasteiger partial charge in [0.05, 0.1) is 12.0 Å². The highest BCUT2D eigenvalue weighted by molar-refractivity contribution is 6.05. The van der Waals surface area contributed by atoms with E-state index in [0.29, 0.717) is 11.4 Å². The van der Waals surface area contributed by atoms with Gasteiger partial charge in [0.1, 0.15) is 12.4 Å². The van der Waals surface area contributed by atoms with E-state index in [1.54, 1.807) is 38.1 Å². The molecule has 1 aromatic carbocycles. The Morgan fingerprint density at radius 3 is 2.42 bits per heavy atom. The van der Waals surface area contributed by atoms with Crippen molar-refractivity contribution in [2.45, 2.75) is 20.3 Å². The van der Waals surface area contributed by atoms with E-state index < -0.39 is 5.41 Å². The minimum absolute atomic E-state index is 0.126. The quantitative estimate of drug-likeness (QED) is 0.658. The Morgan fingerprint density at radius 1 is 1.26 bits per heavy atom. The summed E-state index contributed by atoms with van der Waals surface area (Å²) < 4.78 is 5.49. The molecule has 1 saturated heterocycles. The highest BCUT2D eigenvalue weighted by Crippen LogP contribution is 2.31. The Hall–Kier alpha value is -2.04. The molecule has 2 N–H and O–H groups in total. The van der Waals surface area contributed by atoms with Gasteiger partial charge in [0, 0.05) is 12.1 Å². The van der Waals surface area contributed by atoms with Crippen LogP contribution in [0.5, 0.6) is 5.75 Å². The van der Waals surface area contributed by atoms with Gasteiger partial charge in [0.15, 0.2) is 0 Å². The number of nitrogen functional groups attached to an aromatic ring is 1. The summed E-state index contributed by atoms with van der Waals surface area (Å²) in [5, 5.41) is 0. The van der Waals surface area contributed by atoms with E-state index >= 15 is 0 Å². The molecule has 0 saturated carbocycles. The molecule has 0 aromatic heterocycles. The minimum atomic E-state index is -0.585. The van der Waals surface area contributed by atoms with Crippen molar-refractivity contribution >= 4 is 17.5 Å². The van der Waals surface area contributed by atoms with Crippen LogP contribution in [0, 0.1) is 5.41 Å². The highest BCUT2D eigenvalue weighted by Gasteiger charge is 2.44. The molecule has 2 rings (SSSR count). The third-order valence-electron chi connectivity index (χ3n) is 3.18. The number of nitrogens with two attached hydrogens (primary N) is 1. The Balaban J connectivity index is 1.88. The molecule has 1 heterocycles. The largest absolute Gasteiger partial charge is 0.492 e. The molecular formula is C14H18N2O3. The molecule has 102 valence electrons. The molecule has 0 unspecified atom stereocenters. The number of carbonyl (C=O) groups excluding carboxylic acids is 2. The van der Waals surface area contributed by atoms with Crippen LogP contribution in [0.15, 0.2) is 24.3 Å². The predicted molar refractivity (Wildman–Crippen MR) is 71.5 cm³/mol. The van der Waals surface area contributed by atoms with Crippen molar-refractivity contribution in [3.63, 3.8) is 0 Å². The first-order valence-corrected chi connectivity index (χ1v) is 6.23. The molecule has 1 aliphatic heterocycles. The molecule has 2 amide bonds. The van der Waals surface area contributed by atoms with Gasteiger partial charge in [0.25, 0.3) is 0 Å². The van der Waals surface area contributed by atoms with Gasteiger partial charge in [-0.2, -0.15) is 0 Å². The number of hydrogen-bond donors (Lipinski definition) is 1. The lowest BCUT2D eigenvalue weighted by Gasteiger charge is -2.17. The second kappa shape index (κ2) is 4.91. The molecule has 19 heavy (non-hydrogen) atoms. The average molecular weight is 262 g/mol. The number of likely N-dealkylation sites (tertiary alicyclic amines) is 1. The smallest absolute Gasteiger partial charge is 0.235 e. The van der Waals surface area contributed by atoms with Crippen LogP contribution in [-0.2, 0) is 9.59 Å². The zero-order valence-electron chi connectivity index (χ0n) is 11.2.